The third kappa shape index (κ3) is 1.41. The largest absolute Gasteiger partial charge is 0.272 e. The number of amides is 2. The van der Waals surface area contributed by atoms with Crippen molar-refractivity contribution < 1.29 is 9.59 Å². The molecule has 0 aliphatic carbocycles. The molecule has 13 heavy (non-hydrogen) atoms. The van der Waals surface area contributed by atoms with Gasteiger partial charge in [-0.25, -0.2) is 5.01 Å². The van der Waals surface area contributed by atoms with E-state index in [1.807, 2.05) is 20.8 Å². The Balaban J connectivity index is 3.00. The van der Waals surface area contributed by atoms with E-state index < -0.39 is 5.41 Å². The van der Waals surface area contributed by atoms with Crippen molar-refractivity contribution in [1.29, 1.82) is 0 Å². The SMILES string of the molecule is CC1(C)C(=O)NN(C(C)(C)C)C1=O. The molecule has 0 unspecified atom stereocenters. The van der Waals surface area contributed by atoms with Crippen LogP contribution in [-0.2, 0) is 9.59 Å². The number of carbonyl (C=O) groups is 2. The van der Waals surface area contributed by atoms with Crippen LogP contribution in [0.5, 0.6) is 0 Å². The van der Waals surface area contributed by atoms with Crippen LogP contribution in [0.15, 0.2) is 0 Å². The molecule has 0 aromatic carbocycles. The normalized spacial score (nSPS) is 22.1. The van der Waals surface area contributed by atoms with Crippen LogP contribution in [0, 0.1) is 5.41 Å². The summed E-state index contributed by atoms with van der Waals surface area (Å²) in [6.45, 7) is 8.92. The van der Waals surface area contributed by atoms with Gasteiger partial charge >= 0.3 is 0 Å². The molecule has 1 rings (SSSR count). The lowest BCUT2D eigenvalue weighted by Crippen LogP contribution is -2.49. The fraction of sp³-hybridized carbons (Fsp3) is 0.778. The van der Waals surface area contributed by atoms with Crippen LogP contribution < -0.4 is 5.43 Å². The average Bonchev–Trinajstić information content (AvgIpc) is 2.12. The Bertz CT molecular complexity index is 263. The summed E-state index contributed by atoms with van der Waals surface area (Å²) in [5.41, 5.74) is 1.29. The van der Waals surface area contributed by atoms with E-state index in [0.29, 0.717) is 0 Å². The van der Waals surface area contributed by atoms with Crippen LogP contribution in [0.2, 0.25) is 0 Å². The van der Waals surface area contributed by atoms with Crippen LogP contribution in [0.25, 0.3) is 0 Å². The van der Waals surface area contributed by atoms with Gasteiger partial charge in [0.2, 0.25) is 0 Å². The van der Waals surface area contributed by atoms with Crippen molar-refractivity contribution in [2.45, 2.75) is 40.2 Å². The maximum Gasteiger partial charge on any atom is 0.256 e. The molecule has 1 N–H and O–H groups in total. The van der Waals surface area contributed by atoms with Gasteiger partial charge in [0.25, 0.3) is 11.8 Å². The van der Waals surface area contributed by atoms with Crippen molar-refractivity contribution in [3.05, 3.63) is 0 Å². The zero-order valence-corrected chi connectivity index (χ0v) is 8.76. The number of nitrogens with zero attached hydrogens (tertiary/aromatic N) is 1. The molecule has 1 aliphatic rings. The first-order valence-corrected chi connectivity index (χ1v) is 4.33. The van der Waals surface area contributed by atoms with Gasteiger partial charge in [0.15, 0.2) is 0 Å². The van der Waals surface area contributed by atoms with Crippen LogP contribution in [-0.4, -0.2) is 22.4 Å². The van der Waals surface area contributed by atoms with E-state index >= 15 is 0 Å². The van der Waals surface area contributed by atoms with Crippen LogP contribution >= 0.6 is 0 Å². The van der Waals surface area contributed by atoms with E-state index in [2.05, 4.69) is 5.43 Å². The summed E-state index contributed by atoms with van der Waals surface area (Å²) in [4.78, 5) is 23.1. The Kier molecular flexibility index (Phi) is 1.90. The fourth-order valence-electron chi connectivity index (χ4n) is 1.14. The summed E-state index contributed by atoms with van der Waals surface area (Å²) in [5.74, 6) is -0.391. The lowest BCUT2D eigenvalue weighted by molar-refractivity contribution is -0.140. The van der Waals surface area contributed by atoms with Gasteiger partial charge in [-0.1, -0.05) is 0 Å². The molecular formula is C9H16N2O2. The summed E-state index contributed by atoms with van der Waals surface area (Å²) >= 11 is 0. The van der Waals surface area contributed by atoms with E-state index in [4.69, 9.17) is 0 Å². The van der Waals surface area contributed by atoms with Crippen LogP contribution in [0.3, 0.4) is 0 Å². The summed E-state index contributed by atoms with van der Waals surface area (Å²) in [6.07, 6.45) is 0. The van der Waals surface area contributed by atoms with Crippen molar-refractivity contribution in [2.24, 2.45) is 5.41 Å². The van der Waals surface area contributed by atoms with Gasteiger partial charge < -0.3 is 0 Å². The van der Waals surface area contributed by atoms with Crippen molar-refractivity contribution in [3.8, 4) is 0 Å². The van der Waals surface area contributed by atoms with Gasteiger partial charge in [0, 0.05) is 0 Å². The van der Waals surface area contributed by atoms with Gasteiger partial charge in [-0.2, -0.15) is 0 Å². The summed E-state index contributed by atoms with van der Waals surface area (Å²) in [7, 11) is 0. The second kappa shape index (κ2) is 2.47. The maximum absolute atomic E-state index is 11.7. The molecule has 1 heterocycles. The molecule has 4 heteroatoms. The van der Waals surface area contributed by atoms with Gasteiger partial charge in [-0.15, -0.1) is 0 Å². The minimum Gasteiger partial charge on any atom is -0.272 e. The lowest BCUT2D eigenvalue weighted by Gasteiger charge is -2.31. The molecule has 0 radical (unpaired) electrons. The highest BCUT2D eigenvalue weighted by molar-refractivity contribution is 6.09. The molecule has 4 nitrogen and oxygen atoms in total. The molecule has 1 aliphatic heterocycles. The van der Waals surface area contributed by atoms with Crippen LogP contribution in [0.4, 0.5) is 0 Å². The molecule has 0 aromatic heterocycles. The third-order valence-electron chi connectivity index (χ3n) is 2.19. The maximum atomic E-state index is 11.7. The molecule has 0 saturated carbocycles. The van der Waals surface area contributed by atoms with Gasteiger partial charge in [0.1, 0.15) is 5.41 Å². The Morgan fingerprint density at radius 1 is 1.23 bits per heavy atom. The number of hydrogen-bond donors (Lipinski definition) is 1. The quantitative estimate of drug-likeness (QED) is 0.563. The van der Waals surface area contributed by atoms with E-state index in [-0.39, 0.29) is 17.4 Å². The highest BCUT2D eigenvalue weighted by Gasteiger charge is 2.49. The highest BCUT2D eigenvalue weighted by atomic mass is 16.2. The average molecular weight is 184 g/mol. The molecule has 1 fully saturated rings. The standard InChI is InChI=1S/C9H16N2O2/c1-8(2,3)11-7(13)9(4,5)6(12)10-11/h1-5H3,(H,10,12). The molecule has 1 saturated heterocycles. The highest BCUT2D eigenvalue weighted by Crippen LogP contribution is 2.28. The molecule has 2 amide bonds. The first-order chi connectivity index (χ1) is 5.67. The Hall–Kier alpha value is -1.06. The minimum absolute atomic E-state index is 0.162. The minimum atomic E-state index is -0.923. The van der Waals surface area contributed by atoms with Gasteiger partial charge in [-0.3, -0.25) is 15.0 Å². The van der Waals surface area contributed by atoms with E-state index in [9.17, 15) is 9.59 Å². The second-order valence-electron chi connectivity index (χ2n) is 4.88. The number of carbonyl (C=O) groups excluding carboxylic acids is 2. The van der Waals surface area contributed by atoms with Crippen LogP contribution in [0.1, 0.15) is 34.6 Å². The molecule has 0 bridgehead atoms. The topological polar surface area (TPSA) is 49.4 Å². The fourth-order valence-corrected chi connectivity index (χ4v) is 1.14. The summed E-state index contributed by atoms with van der Waals surface area (Å²) in [5, 5.41) is 1.40. The van der Waals surface area contributed by atoms with E-state index in [1.54, 1.807) is 13.8 Å². The first kappa shape index (κ1) is 10.0. The predicted molar refractivity (Wildman–Crippen MR) is 48.5 cm³/mol. The Labute approximate surface area is 78.3 Å². The summed E-state index contributed by atoms with van der Waals surface area (Å²) in [6, 6.07) is 0. The number of nitrogens with one attached hydrogen (secondary N) is 1. The monoisotopic (exact) mass is 184 g/mol. The number of hydrogen-bond acceptors (Lipinski definition) is 2. The first-order valence-electron chi connectivity index (χ1n) is 4.33. The van der Waals surface area contributed by atoms with Crippen molar-refractivity contribution in [2.75, 3.05) is 0 Å². The van der Waals surface area contributed by atoms with E-state index in [1.165, 1.54) is 5.01 Å². The lowest BCUT2D eigenvalue weighted by atomic mass is 9.92. The number of rotatable bonds is 0. The summed E-state index contributed by atoms with van der Waals surface area (Å²) < 4.78 is 0. The van der Waals surface area contributed by atoms with Gasteiger partial charge in [0.05, 0.1) is 5.54 Å². The molecule has 0 atom stereocenters. The molecule has 0 spiro atoms. The predicted octanol–water partition coefficient (Wildman–Crippen LogP) is 0.684. The molecule has 0 aromatic rings. The van der Waals surface area contributed by atoms with Crippen molar-refractivity contribution >= 4 is 11.8 Å². The zero-order chi connectivity index (χ0) is 10.4. The zero-order valence-electron chi connectivity index (χ0n) is 8.76. The van der Waals surface area contributed by atoms with Crippen molar-refractivity contribution in [1.82, 2.24) is 10.4 Å². The molecule has 74 valence electrons. The smallest absolute Gasteiger partial charge is 0.256 e. The number of hydrazine groups is 1. The molecular weight excluding hydrogens is 168 g/mol. The Morgan fingerprint density at radius 2 is 1.69 bits per heavy atom. The second-order valence-corrected chi connectivity index (χ2v) is 4.88. The van der Waals surface area contributed by atoms with E-state index in [0.717, 1.165) is 0 Å². The van der Waals surface area contributed by atoms with Crippen molar-refractivity contribution in [3.63, 3.8) is 0 Å². The third-order valence-corrected chi connectivity index (χ3v) is 2.19. The van der Waals surface area contributed by atoms with Gasteiger partial charge in [-0.05, 0) is 34.6 Å². The Morgan fingerprint density at radius 3 is 1.85 bits per heavy atom.